The number of nitrogens with one attached hydrogen (secondary N) is 2. The highest BCUT2D eigenvalue weighted by Crippen LogP contribution is 2.39. The minimum atomic E-state index is -0.884. The molecule has 10 heteroatoms. The molecule has 0 radical (unpaired) electrons. The molecule has 1 aliphatic heterocycles. The molecule has 1 aliphatic rings. The highest BCUT2D eigenvalue weighted by molar-refractivity contribution is 6.02. The summed E-state index contributed by atoms with van der Waals surface area (Å²) >= 11 is 0. The van der Waals surface area contributed by atoms with E-state index in [0.717, 1.165) is 5.56 Å². The van der Waals surface area contributed by atoms with Crippen molar-refractivity contribution in [1.82, 2.24) is 10.6 Å². The number of nitro groups is 1. The van der Waals surface area contributed by atoms with Crippen LogP contribution in [0.15, 0.2) is 71.1 Å². The Morgan fingerprint density at radius 3 is 2.31 bits per heavy atom. The molecule has 2 aromatic carbocycles. The summed E-state index contributed by atoms with van der Waals surface area (Å²) in [7, 11) is 1.23. The summed E-state index contributed by atoms with van der Waals surface area (Å²) in [5.41, 5.74) is 2.81. The third kappa shape index (κ3) is 5.60. The SMILES string of the molecule is CCOC(=O)c1ccc(CNC(=O)C2=C(C)NC(C)=C(C(=O)OC)[C@H]2c2cccc([N+](=O)[O-])c2)cc1. The summed E-state index contributed by atoms with van der Waals surface area (Å²) in [4.78, 5) is 48.8. The molecule has 1 heterocycles. The monoisotopic (exact) mass is 493 g/mol. The predicted octanol–water partition coefficient (Wildman–Crippen LogP) is 3.50. The lowest BCUT2D eigenvalue weighted by Crippen LogP contribution is -2.36. The zero-order chi connectivity index (χ0) is 26.4. The smallest absolute Gasteiger partial charge is 0.338 e. The molecule has 10 nitrogen and oxygen atoms in total. The van der Waals surface area contributed by atoms with E-state index in [0.29, 0.717) is 22.5 Å². The predicted molar refractivity (Wildman–Crippen MR) is 131 cm³/mol. The van der Waals surface area contributed by atoms with E-state index >= 15 is 0 Å². The number of nitro benzene ring substituents is 1. The summed E-state index contributed by atoms with van der Waals surface area (Å²) < 4.78 is 9.94. The number of rotatable bonds is 8. The van der Waals surface area contributed by atoms with Gasteiger partial charge >= 0.3 is 11.9 Å². The number of amides is 1. The highest BCUT2D eigenvalue weighted by Gasteiger charge is 2.37. The first-order valence-corrected chi connectivity index (χ1v) is 11.2. The summed E-state index contributed by atoms with van der Waals surface area (Å²) in [6.07, 6.45) is 0. The highest BCUT2D eigenvalue weighted by atomic mass is 16.6. The van der Waals surface area contributed by atoms with Gasteiger partial charge in [-0.05, 0) is 44.0 Å². The number of dihydropyridines is 1. The van der Waals surface area contributed by atoms with Gasteiger partial charge in [-0.15, -0.1) is 0 Å². The number of hydrogen-bond donors (Lipinski definition) is 2. The van der Waals surface area contributed by atoms with Gasteiger partial charge in [0.1, 0.15) is 0 Å². The fourth-order valence-electron chi connectivity index (χ4n) is 4.08. The molecular formula is C26H27N3O7. The number of ether oxygens (including phenoxy) is 2. The molecule has 2 aromatic rings. The zero-order valence-corrected chi connectivity index (χ0v) is 20.4. The van der Waals surface area contributed by atoms with Gasteiger partial charge in [-0.25, -0.2) is 9.59 Å². The van der Waals surface area contributed by atoms with E-state index in [9.17, 15) is 24.5 Å². The topological polar surface area (TPSA) is 137 Å². The van der Waals surface area contributed by atoms with E-state index in [1.807, 2.05) is 0 Å². The average molecular weight is 494 g/mol. The Bertz CT molecular complexity index is 1260. The lowest BCUT2D eigenvalue weighted by atomic mass is 9.80. The number of benzene rings is 2. The first kappa shape index (κ1) is 26.1. The van der Waals surface area contributed by atoms with Crippen molar-refractivity contribution in [3.05, 3.63) is 97.9 Å². The van der Waals surface area contributed by atoms with Crippen LogP contribution in [-0.4, -0.2) is 36.5 Å². The lowest BCUT2D eigenvalue weighted by Gasteiger charge is -2.30. The van der Waals surface area contributed by atoms with Crippen LogP contribution in [0.25, 0.3) is 0 Å². The van der Waals surface area contributed by atoms with Gasteiger partial charge in [-0.1, -0.05) is 24.3 Å². The molecule has 0 fully saturated rings. The molecule has 188 valence electrons. The van der Waals surface area contributed by atoms with Crippen molar-refractivity contribution in [2.75, 3.05) is 13.7 Å². The second-order valence-electron chi connectivity index (χ2n) is 8.08. The minimum Gasteiger partial charge on any atom is -0.466 e. The van der Waals surface area contributed by atoms with E-state index < -0.39 is 28.7 Å². The van der Waals surface area contributed by atoms with Crippen LogP contribution >= 0.6 is 0 Å². The van der Waals surface area contributed by atoms with Crippen molar-refractivity contribution in [2.24, 2.45) is 0 Å². The summed E-state index contributed by atoms with van der Waals surface area (Å²) in [6, 6.07) is 12.5. The molecule has 3 rings (SSSR count). The molecule has 2 N–H and O–H groups in total. The third-order valence-electron chi connectivity index (χ3n) is 5.74. The van der Waals surface area contributed by atoms with E-state index in [1.54, 1.807) is 51.1 Å². The fourth-order valence-corrected chi connectivity index (χ4v) is 4.08. The van der Waals surface area contributed by atoms with E-state index in [2.05, 4.69) is 10.6 Å². The Morgan fingerprint density at radius 1 is 1.03 bits per heavy atom. The van der Waals surface area contributed by atoms with Gasteiger partial charge in [0, 0.05) is 35.6 Å². The lowest BCUT2D eigenvalue weighted by molar-refractivity contribution is -0.384. The van der Waals surface area contributed by atoms with Crippen molar-refractivity contribution in [3.8, 4) is 0 Å². The zero-order valence-electron chi connectivity index (χ0n) is 20.4. The van der Waals surface area contributed by atoms with Gasteiger partial charge in [0.2, 0.25) is 5.91 Å². The standard InChI is InChI=1S/C26H27N3O7/c1-5-36-25(31)18-11-9-17(10-12-18)14-27-24(30)21-15(2)28-16(3)22(26(32)35-4)23(21)19-7-6-8-20(13-19)29(33)34/h6-13,23,28H,5,14H2,1-4H3,(H,27,30)/t23-/m0/s1. The number of allylic oxidation sites excluding steroid dienone is 2. The first-order valence-electron chi connectivity index (χ1n) is 11.2. The van der Waals surface area contributed by atoms with Gasteiger partial charge in [-0.2, -0.15) is 0 Å². The van der Waals surface area contributed by atoms with Gasteiger partial charge in [0.15, 0.2) is 0 Å². The van der Waals surface area contributed by atoms with Crippen LogP contribution in [0.4, 0.5) is 5.69 Å². The van der Waals surface area contributed by atoms with Crippen molar-refractivity contribution in [1.29, 1.82) is 0 Å². The Kier molecular flexibility index (Phi) is 8.21. The Morgan fingerprint density at radius 2 is 1.69 bits per heavy atom. The van der Waals surface area contributed by atoms with Gasteiger partial charge < -0.3 is 20.1 Å². The third-order valence-corrected chi connectivity index (χ3v) is 5.74. The minimum absolute atomic E-state index is 0.149. The van der Waals surface area contributed by atoms with Crippen LogP contribution in [0, 0.1) is 10.1 Å². The maximum atomic E-state index is 13.4. The largest absolute Gasteiger partial charge is 0.466 e. The van der Waals surface area contributed by atoms with Crippen LogP contribution in [0.2, 0.25) is 0 Å². The van der Waals surface area contributed by atoms with Crippen molar-refractivity contribution < 1.29 is 28.8 Å². The molecule has 0 saturated heterocycles. The van der Waals surface area contributed by atoms with Crippen LogP contribution in [0.3, 0.4) is 0 Å². The molecule has 1 atom stereocenters. The van der Waals surface area contributed by atoms with Crippen LogP contribution < -0.4 is 10.6 Å². The number of esters is 2. The molecule has 0 saturated carbocycles. The van der Waals surface area contributed by atoms with E-state index in [-0.39, 0.29) is 30.0 Å². The van der Waals surface area contributed by atoms with E-state index in [1.165, 1.54) is 25.3 Å². The van der Waals surface area contributed by atoms with E-state index in [4.69, 9.17) is 9.47 Å². The number of carbonyl (C=O) groups excluding carboxylic acids is 3. The summed E-state index contributed by atoms with van der Waals surface area (Å²) in [6.45, 7) is 5.52. The molecular weight excluding hydrogens is 466 g/mol. The van der Waals surface area contributed by atoms with Gasteiger partial charge in [0.25, 0.3) is 5.69 Å². The number of methoxy groups -OCH3 is 1. The number of hydrogen-bond acceptors (Lipinski definition) is 8. The van der Waals surface area contributed by atoms with Crippen LogP contribution in [0.5, 0.6) is 0 Å². The Hall–Kier alpha value is -4.47. The van der Waals surface area contributed by atoms with Crippen molar-refractivity contribution >= 4 is 23.5 Å². The maximum absolute atomic E-state index is 13.4. The molecule has 0 bridgehead atoms. The Labute approximate surface area is 208 Å². The molecule has 0 spiro atoms. The summed E-state index contributed by atoms with van der Waals surface area (Å²) in [5.74, 6) is -2.42. The van der Waals surface area contributed by atoms with Crippen LogP contribution in [0.1, 0.15) is 48.2 Å². The van der Waals surface area contributed by atoms with Crippen molar-refractivity contribution in [3.63, 3.8) is 0 Å². The Balaban J connectivity index is 1.92. The fraction of sp³-hybridized carbons (Fsp3) is 0.269. The second kappa shape index (κ2) is 11.3. The molecule has 36 heavy (non-hydrogen) atoms. The number of nitrogens with zero attached hydrogens (tertiary/aromatic N) is 1. The van der Waals surface area contributed by atoms with Gasteiger partial charge in [0.05, 0.1) is 35.7 Å². The maximum Gasteiger partial charge on any atom is 0.338 e. The van der Waals surface area contributed by atoms with Gasteiger partial charge in [-0.3, -0.25) is 14.9 Å². The number of carbonyl (C=O) groups is 3. The molecule has 1 amide bonds. The van der Waals surface area contributed by atoms with Crippen LogP contribution in [-0.2, 0) is 25.6 Å². The molecule has 0 unspecified atom stereocenters. The molecule has 0 aromatic heterocycles. The normalized spacial score (nSPS) is 15.2. The van der Waals surface area contributed by atoms with Crippen molar-refractivity contribution in [2.45, 2.75) is 33.2 Å². The second-order valence-corrected chi connectivity index (χ2v) is 8.08. The number of non-ortho nitro benzene ring substituents is 1. The summed E-state index contributed by atoms with van der Waals surface area (Å²) in [5, 5.41) is 17.3. The quantitative estimate of drug-likeness (QED) is 0.324. The average Bonchev–Trinajstić information content (AvgIpc) is 2.87. The molecule has 0 aliphatic carbocycles. The first-order chi connectivity index (χ1) is 17.2.